The smallest absolute Gasteiger partial charge is 0.230 e. The van der Waals surface area contributed by atoms with Gasteiger partial charge in [-0.2, -0.15) is 0 Å². The number of rotatable bonds is 2. The van der Waals surface area contributed by atoms with Crippen LogP contribution in [0.2, 0.25) is 0 Å². The first kappa shape index (κ1) is 10.6. The molecule has 1 atom stereocenters. The molecule has 4 heteroatoms. The summed E-state index contributed by atoms with van der Waals surface area (Å²) in [4.78, 5) is 26.5. The number of hydrogen-bond donors (Lipinski definition) is 0. The van der Waals surface area contributed by atoms with Gasteiger partial charge in [0.05, 0.1) is 6.67 Å². The van der Waals surface area contributed by atoms with E-state index in [9.17, 15) is 9.59 Å². The van der Waals surface area contributed by atoms with Crippen LogP contribution in [-0.2, 0) is 9.59 Å². The van der Waals surface area contributed by atoms with Crippen molar-refractivity contribution in [1.29, 1.82) is 0 Å². The number of hydrogen-bond acceptors (Lipinski definition) is 3. The lowest BCUT2D eigenvalue weighted by molar-refractivity contribution is -0.141. The molecule has 2 heterocycles. The molecule has 2 amide bonds. The average molecular weight is 210 g/mol. The standard InChI is InChI=1S/C11H18N2O2/c1-9-3-2-6-12(7-9)8-13-10(14)4-5-11(13)15/h9H,2-8H2,1H3. The van der Waals surface area contributed by atoms with E-state index in [-0.39, 0.29) is 11.8 Å². The Kier molecular flexibility index (Phi) is 3.05. The third-order valence-corrected chi connectivity index (χ3v) is 3.24. The van der Waals surface area contributed by atoms with E-state index in [1.165, 1.54) is 17.7 Å². The van der Waals surface area contributed by atoms with Gasteiger partial charge in [0.15, 0.2) is 0 Å². The molecule has 0 saturated carbocycles. The molecule has 0 spiro atoms. The van der Waals surface area contributed by atoms with E-state index in [1.54, 1.807) is 0 Å². The summed E-state index contributed by atoms with van der Waals surface area (Å²) >= 11 is 0. The SMILES string of the molecule is CC1CCCN(CN2C(=O)CCC2=O)C1. The minimum absolute atomic E-state index is 0.00164. The van der Waals surface area contributed by atoms with Crippen molar-refractivity contribution in [3.05, 3.63) is 0 Å². The molecule has 15 heavy (non-hydrogen) atoms. The average Bonchev–Trinajstić information content (AvgIpc) is 2.50. The van der Waals surface area contributed by atoms with Gasteiger partial charge < -0.3 is 0 Å². The van der Waals surface area contributed by atoms with Gasteiger partial charge in [-0.05, 0) is 25.3 Å². The third-order valence-electron chi connectivity index (χ3n) is 3.24. The van der Waals surface area contributed by atoms with Crippen molar-refractivity contribution in [2.45, 2.75) is 32.6 Å². The van der Waals surface area contributed by atoms with Crippen molar-refractivity contribution in [1.82, 2.24) is 9.80 Å². The topological polar surface area (TPSA) is 40.6 Å². The zero-order valence-corrected chi connectivity index (χ0v) is 9.24. The second kappa shape index (κ2) is 4.31. The maximum atomic E-state index is 11.4. The molecule has 2 aliphatic heterocycles. The quantitative estimate of drug-likeness (QED) is 0.634. The largest absolute Gasteiger partial charge is 0.285 e. The number of amides is 2. The van der Waals surface area contributed by atoms with Crippen LogP contribution in [0.4, 0.5) is 0 Å². The van der Waals surface area contributed by atoms with Gasteiger partial charge in [0.1, 0.15) is 0 Å². The summed E-state index contributed by atoms with van der Waals surface area (Å²) in [5, 5.41) is 0. The molecule has 0 aromatic heterocycles. The van der Waals surface area contributed by atoms with E-state index < -0.39 is 0 Å². The Balaban J connectivity index is 1.90. The highest BCUT2D eigenvalue weighted by atomic mass is 16.2. The first-order valence-electron chi connectivity index (χ1n) is 5.72. The molecule has 2 fully saturated rings. The van der Waals surface area contributed by atoms with Gasteiger partial charge in [0, 0.05) is 19.4 Å². The maximum absolute atomic E-state index is 11.4. The van der Waals surface area contributed by atoms with Crippen molar-refractivity contribution in [2.75, 3.05) is 19.8 Å². The molecule has 0 aromatic rings. The van der Waals surface area contributed by atoms with Crippen LogP contribution in [0.5, 0.6) is 0 Å². The lowest BCUT2D eigenvalue weighted by Crippen LogP contribution is -2.44. The van der Waals surface area contributed by atoms with E-state index in [2.05, 4.69) is 11.8 Å². The number of nitrogens with zero attached hydrogens (tertiary/aromatic N) is 2. The predicted molar refractivity (Wildman–Crippen MR) is 55.9 cm³/mol. The number of imide groups is 1. The highest BCUT2D eigenvalue weighted by Crippen LogP contribution is 2.18. The van der Waals surface area contributed by atoms with Crippen LogP contribution in [-0.4, -0.2) is 41.4 Å². The van der Waals surface area contributed by atoms with E-state index in [0.717, 1.165) is 13.1 Å². The van der Waals surface area contributed by atoms with Crippen molar-refractivity contribution >= 4 is 11.8 Å². The Morgan fingerprint density at radius 1 is 1.27 bits per heavy atom. The molecule has 1 unspecified atom stereocenters. The second-order valence-electron chi connectivity index (χ2n) is 4.68. The fraction of sp³-hybridized carbons (Fsp3) is 0.818. The van der Waals surface area contributed by atoms with Crippen LogP contribution in [0.3, 0.4) is 0 Å². The van der Waals surface area contributed by atoms with Gasteiger partial charge in [-0.1, -0.05) is 6.92 Å². The molecule has 4 nitrogen and oxygen atoms in total. The highest BCUT2D eigenvalue weighted by molar-refractivity contribution is 6.01. The zero-order valence-electron chi connectivity index (χ0n) is 9.24. The molecule has 84 valence electrons. The van der Waals surface area contributed by atoms with Crippen LogP contribution in [0.25, 0.3) is 0 Å². The summed E-state index contributed by atoms with van der Waals surface area (Å²) < 4.78 is 0. The number of carbonyl (C=O) groups is 2. The summed E-state index contributed by atoms with van der Waals surface area (Å²) in [5.74, 6) is 0.683. The summed E-state index contributed by atoms with van der Waals surface area (Å²) in [5.41, 5.74) is 0. The Bertz CT molecular complexity index is 262. The molecular formula is C11H18N2O2. The lowest BCUT2D eigenvalue weighted by Gasteiger charge is -2.33. The van der Waals surface area contributed by atoms with Crippen molar-refractivity contribution < 1.29 is 9.59 Å². The van der Waals surface area contributed by atoms with Gasteiger partial charge in [-0.15, -0.1) is 0 Å². The number of piperidine rings is 1. The Hall–Kier alpha value is -0.900. The molecule has 2 aliphatic rings. The summed E-state index contributed by atoms with van der Waals surface area (Å²) in [6.07, 6.45) is 3.25. The molecule has 0 N–H and O–H groups in total. The fourth-order valence-corrected chi connectivity index (χ4v) is 2.40. The fourth-order valence-electron chi connectivity index (χ4n) is 2.40. The molecule has 0 aliphatic carbocycles. The highest BCUT2D eigenvalue weighted by Gasteiger charge is 2.30. The van der Waals surface area contributed by atoms with Crippen molar-refractivity contribution in [2.24, 2.45) is 5.92 Å². The number of carbonyl (C=O) groups excluding carboxylic acids is 2. The van der Waals surface area contributed by atoms with Crippen LogP contribution in [0.15, 0.2) is 0 Å². The van der Waals surface area contributed by atoms with E-state index in [1.807, 2.05) is 0 Å². The normalized spacial score (nSPS) is 28.9. The zero-order chi connectivity index (χ0) is 10.8. The molecule has 0 radical (unpaired) electrons. The van der Waals surface area contributed by atoms with Crippen molar-refractivity contribution in [3.8, 4) is 0 Å². The summed E-state index contributed by atoms with van der Waals surface area (Å²) in [6, 6.07) is 0. The van der Waals surface area contributed by atoms with Crippen LogP contribution < -0.4 is 0 Å². The molecular weight excluding hydrogens is 192 g/mol. The van der Waals surface area contributed by atoms with Crippen LogP contribution in [0.1, 0.15) is 32.6 Å². The van der Waals surface area contributed by atoms with E-state index in [4.69, 9.17) is 0 Å². The van der Waals surface area contributed by atoms with Crippen molar-refractivity contribution in [3.63, 3.8) is 0 Å². The summed E-state index contributed by atoms with van der Waals surface area (Å²) in [6.45, 7) is 4.76. The van der Waals surface area contributed by atoms with E-state index >= 15 is 0 Å². The molecule has 0 aromatic carbocycles. The molecule has 2 saturated heterocycles. The van der Waals surface area contributed by atoms with Gasteiger partial charge in [-0.3, -0.25) is 19.4 Å². The molecule has 2 rings (SSSR count). The predicted octanol–water partition coefficient (Wildman–Crippen LogP) is 0.825. The second-order valence-corrected chi connectivity index (χ2v) is 4.68. The molecule has 0 bridgehead atoms. The first-order valence-corrected chi connectivity index (χ1v) is 5.72. The Morgan fingerprint density at radius 2 is 1.93 bits per heavy atom. The maximum Gasteiger partial charge on any atom is 0.230 e. The lowest BCUT2D eigenvalue weighted by atomic mass is 10.0. The van der Waals surface area contributed by atoms with E-state index in [0.29, 0.717) is 25.4 Å². The minimum atomic E-state index is -0.00164. The third kappa shape index (κ3) is 2.37. The first-order chi connectivity index (χ1) is 7.16. The van der Waals surface area contributed by atoms with Gasteiger partial charge in [-0.25, -0.2) is 0 Å². The van der Waals surface area contributed by atoms with Crippen LogP contribution >= 0.6 is 0 Å². The van der Waals surface area contributed by atoms with Gasteiger partial charge in [0.2, 0.25) is 11.8 Å². The Labute approximate surface area is 90.2 Å². The van der Waals surface area contributed by atoms with Crippen LogP contribution in [0, 0.1) is 5.92 Å². The van der Waals surface area contributed by atoms with Gasteiger partial charge in [0.25, 0.3) is 0 Å². The Morgan fingerprint density at radius 3 is 2.53 bits per heavy atom. The number of likely N-dealkylation sites (tertiary alicyclic amines) is 2. The monoisotopic (exact) mass is 210 g/mol. The summed E-state index contributed by atoms with van der Waals surface area (Å²) in [7, 11) is 0. The van der Waals surface area contributed by atoms with Gasteiger partial charge >= 0.3 is 0 Å². The minimum Gasteiger partial charge on any atom is -0.285 e.